The zero-order chi connectivity index (χ0) is 15.5. The van der Waals surface area contributed by atoms with Crippen LogP contribution in [0.4, 0.5) is 5.69 Å². The van der Waals surface area contributed by atoms with Gasteiger partial charge in [-0.2, -0.15) is 0 Å². The summed E-state index contributed by atoms with van der Waals surface area (Å²) in [5, 5.41) is 0. The van der Waals surface area contributed by atoms with Crippen LogP contribution in [0, 0.1) is 0 Å². The number of rotatable bonds is 4. The summed E-state index contributed by atoms with van der Waals surface area (Å²) < 4.78 is 25.8. The van der Waals surface area contributed by atoms with Crippen LogP contribution in [0.25, 0.3) is 12.2 Å². The van der Waals surface area contributed by atoms with Crippen molar-refractivity contribution in [2.45, 2.75) is 4.90 Å². The van der Waals surface area contributed by atoms with E-state index in [2.05, 4.69) is 0 Å². The Hall–Kier alpha value is -2.11. The molecular weight excluding hydrogens is 284 g/mol. The number of nitrogens with zero attached hydrogens (tertiary/aromatic N) is 1. The molecule has 2 aromatic rings. The second-order valence-electron chi connectivity index (χ2n) is 4.83. The van der Waals surface area contributed by atoms with Gasteiger partial charge in [0, 0.05) is 19.8 Å². The fourth-order valence-electron chi connectivity index (χ4n) is 1.84. The molecule has 0 saturated carbocycles. The van der Waals surface area contributed by atoms with Gasteiger partial charge < -0.3 is 5.73 Å². The molecule has 0 radical (unpaired) electrons. The highest BCUT2D eigenvalue weighted by molar-refractivity contribution is 7.89. The lowest BCUT2D eigenvalue weighted by Gasteiger charge is -2.13. The lowest BCUT2D eigenvalue weighted by molar-refractivity contribution is 0.520. The molecule has 4 nitrogen and oxygen atoms in total. The van der Waals surface area contributed by atoms with Gasteiger partial charge in [-0.25, -0.2) is 12.7 Å². The van der Waals surface area contributed by atoms with Crippen LogP contribution in [0.15, 0.2) is 53.4 Å². The van der Waals surface area contributed by atoms with E-state index >= 15 is 0 Å². The van der Waals surface area contributed by atoms with E-state index in [-0.39, 0.29) is 0 Å². The number of nitrogen functional groups attached to an aromatic ring is 1. The van der Waals surface area contributed by atoms with Crippen molar-refractivity contribution in [1.82, 2.24) is 4.31 Å². The third-order valence-corrected chi connectivity index (χ3v) is 4.96. The molecule has 2 rings (SSSR count). The summed E-state index contributed by atoms with van der Waals surface area (Å²) in [5.41, 5.74) is 7.95. The van der Waals surface area contributed by atoms with E-state index in [1.165, 1.54) is 18.4 Å². The van der Waals surface area contributed by atoms with Crippen molar-refractivity contribution in [3.63, 3.8) is 0 Å². The molecule has 0 spiro atoms. The first-order valence-corrected chi connectivity index (χ1v) is 7.90. The fraction of sp³-hybridized carbons (Fsp3) is 0.125. The molecule has 0 unspecified atom stereocenters. The maximum Gasteiger partial charge on any atom is 0.243 e. The average Bonchev–Trinajstić information content (AvgIpc) is 2.47. The molecule has 0 aromatic heterocycles. The Balaban J connectivity index is 2.40. The van der Waals surface area contributed by atoms with Gasteiger partial charge in [0.15, 0.2) is 0 Å². The number of anilines is 1. The van der Waals surface area contributed by atoms with Crippen molar-refractivity contribution < 1.29 is 8.42 Å². The van der Waals surface area contributed by atoms with Gasteiger partial charge >= 0.3 is 0 Å². The molecule has 21 heavy (non-hydrogen) atoms. The zero-order valence-electron chi connectivity index (χ0n) is 12.0. The zero-order valence-corrected chi connectivity index (χ0v) is 12.8. The maximum atomic E-state index is 12.3. The molecule has 0 bridgehead atoms. The minimum atomic E-state index is -3.46. The van der Waals surface area contributed by atoms with Crippen molar-refractivity contribution in [2.75, 3.05) is 19.8 Å². The second-order valence-corrected chi connectivity index (χ2v) is 6.95. The molecular formula is C16H18N2O2S. The van der Waals surface area contributed by atoms with Crippen molar-refractivity contribution in [3.8, 4) is 0 Å². The molecule has 0 amide bonds. The molecule has 0 fully saturated rings. The lowest BCUT2D eigenvalue weighted by Crippen LogP contribution is -2.22. The largest absolute Gasteiger partial charge is 0.399 e. The highest BCUT2D eigenvalue weighted by Gasteiger charge is 2.19. The van der Waals surface area contributed by atoms with E-state index < -0.39 is 10.0 Å². The second kappa shape index (κ2) is 6.11. The summed E-state index contributed by atoms with van der Waals surface area (Å²) in [5.74, 6) is 0. The highest BCUT2D eigenvalue weighted by Crippen LogP contribution is 2.20. The maximum absolute atomic E-state index is 12.3. The molecule has 0 saturated heterocycles. The monoisotopic (exact) mass is 302 g/mol. The van der Waals surface area contributed by atoms with Crippen LogP contribution in [-0.2, 0) is 10.0 Å². The first kappa shape index (κ1) is 15.3. The topological polar surface area (TPSA) is 63.4 Å². The predicted octanol–water partition coefficient (Wildman–Crippen LogP) is 2.69. The third kappa shape index (κ3) is 3.51. The van der Waals surface area contributed by atoms with Crippen LogP contribution in [0.2, 0.25) is 0 Å². The van der Waals surface area contributed by atoms with Gasteiger partial charge in [-0.1, -0.05) is 42.5 Å². The van der Waals surface area contributed by atoms with Crippen LogP contribution in [0.3, 0.4) is 0 Å². The van der Waals surface area contributed by atoms with Crippen LogP contribution >= 0.6 is 0 Å². The predicted molar refractivity (Wildman–Crippen MR) is 87.1 cm³/mol. The van der Waals surface area contributed by atoms with Gasteiger partial charge in [0.2, 0.25) is 10.0 Å². The molecule has 0 aliphatic rings. The highest BCUT2D eigenvalue weighted by atomic mass is 32.2. The van der Waals surface area contributed by atoms with E-state index in [4.69, 9.17) is 5.73 Å². The minimum Gasteiger partial charge on any atom is -0.399 e. The summed E-state index contributed by atoms with van der Waals surface area (Å²) in [6, 6.07) is 14.3. The van der Waals surface area contributed by atoms with Gasteiger partial charge in [0.1, 0.15) is 0 Å². The number of hydrogen-bond acceptors (Lipinski definition) is 3. The smallest absolute Gasteiger partial charge is 0.243 e. The normalized spacial score (nSPS) is 12.1. The number of benzene rings is 2. The standard InChI is InChI=1S/C16H18N2O2S/c1-18(2)21(19,20)16-6-4-3-5-14(16)10-7-13-8-11-15(17)12-9-13/h3-12H,17H2,1-2H3. The summed E-state index contributed by atoms with van der Waals surface area (Å²) in [4.78, 5) is 0.293. The Kier molecular flexibility index (Phi) is 4.45. The van der Waals surface area contributed by atoms with Gasteiger partial charge in [-0.3, -0.25) is 0 Å². The van der Waals surface area contributed by atoms with Crippen LogP contribution in [-0.4, -0.2) is 26.8 Å². The van der Waals surface area contributed by atoms with Crippen molar-refractivity contribution >= 4 is 27.9 Å². The number of nitrogens with two attached hydrogens (primary N) is 1. The number of hydrogen-bond donors (Lipinski definition) is 1. The molecule has 2 N–H and O–H groups in total. The van der Waals surface area contributed by atoms with Gasteiger partial charge in [-0.15, -0.1) is 0 Å². The summed E-state index contributed by atoms with van der Waals surface area (Å²) >= 11 is 0. The van der Waals surface area contributed by atoms with Crippen LogP contribution in [0.5, 0.6) is 0 Å². The van der Waals surface area contributed by atoms with E-state index in [0.717, 1.165) is 5.56 Å². The lowest BCUT2D eigenvalue weighted by atomic mass is 10.1. The molecule has 110 valence electrons. The Morgan fingerprint density at radius 3 is 2.19 bits per heavy atom. The van der Waals surface area contributed by atoms with Crippen molar-refractivity contribution in [3.05, 3.63) is 59.7 Å². The van der Waals surface area contributed by atoms with Gasteiger partial charge in [0.25, 0.3) is 0 Å². The number of sulfonamides is 1. The first-order valence-electron chi connectivity index (χ1n) is 6.46. The minimum absolute atomic E-state index is 0.293. The Labute approximate surface area is 125 Å². The Morgan fingerprint density at radius 2 is 1.57 bits per heavy atom. The van der Waals surface area contributed by atoms with Gasteiger partial charge in [0.05, 0.1) is 4.90 Å². The Morgan fingerprint density at radius 1 is 0.952 bits per heavy atom. The molecule has 0 aliphatic heterocycles. The molecule has 2 aromatic carbocycles. The van der Waals surface area contributed by atoms with Crippen molar-refractivity contribution in [1.29, 1.82) is 0 Å². The average molecular weight is 302 g/mol. The molecule has 0 aliphatic carbocycles. The Bertz CT molecular complexity index is 748. The molecule has 0 atom stereocenters. The SMILES string of the molecule is CN(C)S(=O)(=O)c1ccccc1C=Cc1ccc(N)cc1. The summed E-state index contributed by atoms with van der Waals surface area (Å²) in [6.45, 7) is 0. The fourth-order valence-corrected chi connectivity index (χ4v) is 2.92. The molecule has 5 heteroatoms. The van der Waals surface area contributed by atoms with E-state index in [1.807, 2.05) is 36.4 Å². The summed E-state index contributed by atoms with van der Waals surface area (Å²) in [7, 11) is -0.409. The van der Waals surface area contributed by atoms with E-state index in [1.54, 1.807) is 24.3 Å². The van der Waals surface area contributed by atoms with Crippen LogP contribution < -0.4 is 5.73 Å². The third-order valence-electron chi connectivity index (χ3n) is 3.07. The summed E-state index contributed by atoms with van der Waals surface area (Å²) in [6.07, 6.45) is 3.66. The van der Waals surface area contributed by atoms with Gasteiger partial charge in [-0.05, 0) is 29.3 Å². The van der Waals surface area contributed by atoms with Crippen LogP contribution in [0.1, 0.15) is 11.1 Å². The first-order chi connectivity index (χ1) is 9.91. The van der Waals surface area contributed by atoms with E-state index in [0.29, 0.717) is 16.1 Å². The van der Waals surface area contributed by atoms with E-state index in [9.17, 15) is 8.42 Å². The molecule has 0 heterocycles. The quantitative estimate of drug-likeness (QED) is 0.697. The van der Waals surface area contributed by atoms with Crippen molar-refractivity contribution in [2.24, 2.45) is 0 Å².